The first-order valence-corrected chi connectivity index (χ1v) is 5.57. The van der Waals surface area contributed by atoms with Crippen LogP contribution in [-0.2, 0) is 4.79 Å². The molecular formula is C8H9BrN2OS. The highest BCUT2D eigenvalue weighted by Crippen LogP contribution is 2.34. The van der Waals surface area contributed by atoms with Crippen LogP contribution in [0.25, 0.3) is 0 Å². The zero-order valence-electron chi connectivity index (χ0n) is 6.84. The molecule has 0 aromatic carbocycles. The Bertz CT molecular complexity index is 346. The van der Waals surface area contributed by atoms with Crippen molar-refractivity contribution in [1.29, 1.82) is 0 Å². The number of carbonyl (C=O) groups is 1. The van der Waals surface area contributed by atoms with Gasteiger partial charge in [-0.05, 0) is 40.9 Å². The fourth-order valence-electron chi connectivity index (χ4n) is 0.980. The van der Waals surface area contributed by atoms with Gasteiger partial charge >= 0.3 is 0 Å². The second kappa shape index (κ2) is 3.08. The van der Waals surface area contributed by atoms with Crippen molar-refractivity contribution in [2.75, 3.05) is 5.32 Å². The second-order valence-electron chi connectivity index (χ2n) is 3.21. The number of carbonyl (C=O) groups excluding carboxylic acids is 1. The maximum atomic E-state index is 11.5. The Morgan fingerprint density at radius 1 is 1.62 bits per heavy atom. The van der Waals surface area contributed by atoms with Crippen molar-refractivity contribution in [2.24, 2.45) is 5.73 Å². The Morgan fingerprint density at radius 2 is 2.31 bits per heavy atom. The van der Waals surface area contributed by atoms with Crippen molar-refractivity contribution in [3.05, 3.63) is 15.9 Å². The molecular weight excluding hydrogens is 252 g/mol. The summed E-state index contributed by atoms with van der Waals surface area (Å²) in [6.07, 6.45) is 1.59. The van der Waals surface area contributed by atoms with Crippen LogP contribution in [0.4, 0.5) is 5.00 Å². The van der Waals surface area contributed by atoms with Crippen molar-refractivity contribution in [3.63, 3.8) is 0 Å². The zero-order valence-corrected chi connectivity index (χ0v) is 9.24. The topological polar surface area (TPSA) is 55.1 Å². The van der Waals surface area contributed by atoms with Crippen LogP contribution in [0.15, 0.2) is 15.9 Å². The van der Waals surface area contributed by atoms with E-state index in [0.29, 0.717) is 0 Å². The predicted molar refractivity (Wildman–Crippen MR) is 56.8 cm³/mol. The van der Waals surface area contributed by atoms with Gasteiger partial charge in [-0.15, -0.1) is 11.3 Å². The normalized spacial score (nSPS) is 18.3. The van der Waals surface area contributed by atoms with Gasteiger partial charge in [0.1, 0.15) is 0 Å². The molecule has 1 aliphatic carbocycles. The molecule has 1 fully saturated rings. The number of halogens is 1. The highest BCUT2D eigenvalue weighted by Gasteiger charge is 2.46. The number of rotatable bonds is 2. The van der Waals surface area contributed by atoms with E-state index in [1.807, 2.05) is 12.1 Å². The average molecular weight is 261 g/mol. The molecule has 0 atom stereocenters. The van der Waals surface area contributed by atoms with Gasteiger partial charge in [0, 0.05) is 0 Å². The van der Waals surface area contributed by atoms with Crippen LogP contribution < -0.4 is 11.1 Å². The molecule has 0 spiro atoms. The van der Waals surface area contributed by atoms with Crippen LogP contribution in [0.2, 0.25) is 0 Å². The van der Waals surface area contributed by atoms with E-state index >= 15 is 0 Å². The predicted octanol–water partition coefficient (Wildman–Crippen LogP) is 1.94. The van der Waals surface area contributed by atoms with Gasteiger partial charge in [-0.3, -0.25) is 4.79 Å². The summed E-state index contributed by atoms with van der Waals surface area (Å²) in [7, 11) is 0. The molecule has 1 heterocycles. The SMILES string of the molecule is NC1(C(=O)Nc2ccc(Br)s2)CC1. The molecule has 1 saturated carbocycles. The lowest BCUT2D eigenvalue weighted by Gasteiger charge is -2.07. The Labute approximate surface area is 88.4 Å². The minimum Gasteiger partial charge on any atom is -0.317 e. The molecule has 0 aliphatic heterocycles. The molecule has 1 aromatic rings. The third-order valence-corrected chi connectivity index (χ3v) is 3.59. The van der Waals surface area contributed by atoms with Crippen LogP contribution in [0.5, 0.6) is 0 Å². The van der Waals surface area contributed by atoms with Gasteiger partial charge in [0.05, 0.1) is 14.3 Å². The highest BCUT2D eigenvalue weighted by atomic mass is 79.9. The minimum absolute atomic E-state index is 0.0677. The maximum Gasteiger partial charge on any atom is 0.245 e. The molecule has 2 rings (SSSR count). The molecule has 0 saturated heterocycles. The van der Waals surface area contributed by atoms with Crippen LogP contribution in [0.1, 0.15) is 12.8 Å². The van der Waals surface area contributed by atoms with E-state index < -0.39 is 5.54 Å². The molecule has 70 valence electrons. The molecule has 1 aromatic heterocycles. The number of nitrogens with two attached hydrogens (primary N) is 1. The summed E-state index contributed by atoms with van der Waals surface area (Å²) >= 11 is 4.81. The number of nitrogens with one attached hydrogen (secondary N) is 1. The van der Waals surface area contributed by atoms with E-state index in [-0.39, 0.29) is 5.91 Å². The standard InChI is InChI=1S/C8H9BrN2OS/c9-5-1-2-6(13-5)11-7(12)8(10)3-4-8/h1-2H,3-4,10H2,(H,11,12). The summed E-state index contributed by atoms with van der Waals surface area (Å²) in [5.74, 6) is -0.0677. The van der Waals surface area contributed by atoms with Crippen LogP contribution in [-0.4, -0.2) is 11.4 Å². The summed E-state index contributed by atoms with van der Waals surface area (Å²) < 4.78 is 1.00. The molecule has 0 bridgehead atoms. The minimum atomic E-state index is -0.587. The van der Waals surface area contributed by atoms with Crippen LogP contribution in [0, 0.1) is 0 Å². The summed E-state index contributed by atoms with van der Waals surface area (Å²) in [4.78, 5) is 11.5. The van der Waals surface area contributed by atoms with Crippen molar-refractivity contribution in [3.8, 4) is 0 Å². The molecule has 1 amide bonds. The van der Waals surface area contributed by atoms with Gasteiger partial charge < -0.3 is 11.1 Å². The molecule has 5 heteroatoms. The lowest BCUT2D eigenvalue weighted by Crippen LogP contribution is -2.37. The number of amides is 1. The van der Waals surface area contributed by atoms with Crippen molar-refractivity contribution in [1.82, 2.24) is 0 Å². The Kier molecular flexibility index (Phi) is 2.17. The molecule has 0 radical (unpaired) electrons. The average Bonchev–Trinajstić information content (AvgIpc) is 2.69. The summed E-state index contributed by atoms with van der Waals surface area (Å²) in [5.41, 5.74) is 5.14. The third kappa shape index (κ3) is 1.92. The lowest BCUT2D eigenvalue weighted by atomic mass is 10.3. The molecule has 3 nitrogen and oxygen atoms in total. The number of thiophene rings is 1. The molecule has 3 N–H and O–H groups in total. The van der Waals surface area contributed by atoms with Crippen molar-refractivity contribution in [2.45, 2.75) is 18.4 Å². The van der Waals surface area contributed by atoms with E-state index in [0.717, 1.165) is 21.6 Å². The van der Waals surface area contributed by atoms with E-state index in [9.17, 15) is 4.79 Å². The largest absolute Gasteiger partial charge is 0.317 e. The van der Waals surface area contributed by atoms with Gasteiger partial charge in [-0.2, -0.15) is 0 Å². The van der Waals surface area contributed by atoms with Crippen molar-refractivity contribution < 1.29 is 4.79 Å². The van der Waals surface area contributed by atoms with Crippen LogP contribution >= 0.6 is 27.3 Å². The van der Waals surface area contributed by atoms with Crippen molar-refractivity contribution >= 4 is 38.2 Å². The fraction of sp³-hybridized carbons (Fsp3) is 0.375. The van der Waals surface area contributed by atoms with E-state index in [2.05, 4.69) is 21.2 Å². The molecule has 0 unspecified atom stereocenters. The van der Waals surface area contributed by atoms with Crippen LogP contribution in [0.3, 0.4) is 0 Å². The first-order valence-electron chi connectivity index (χ1n) is 3.96. The number of anilines is 1. The quantitative estimate of drug-likeness (QED) is 0.854. The summed E-state index contributed by atoms with van der Waals surface area (Å²) in [6, 6.07) is 3.76. The zero-order chi connectivity index (χ0) is 9.47. The smallest absolute Gasteiger partial charge is 0.245 e. The first-order chi connectivity index (χ1) is 6.10. The fourth-order valence-corrected chi connectivity index (χ4v) is 2.26. The third-order valence-electron chi connectivity index (χ3n) is 2.05. The van der Waals surface area contributed by atoms with E-state index in [1.54, 1.807) is 0 Å². The van der Waals surface area contributed by atoms with Gasteiger partial charge in [-0.1, -0.05) is 0 Å². The van der Waals surface area contributed by atoms with E-state index in [1.165, 1.54) is 11.3 Å². The Morgan fingerprint density at radius 3 is 2.77 bits per heavy atom. The number of hydrogen-bond acceptors (Lipinski definition) is 3. The second-order valence-corrected chi connectivity index (χ2v) is 5.68. The van der Waals surface area contributed by atoms with Gasteiger partial charge in [0.25, 0.3) is 0 Å². The van der Waals surface area contributed by atoms with Gasteiger partial charge in [0.15, 0.2) is 0 Å². The summed E-state index contributed by atoms with van der Waals surface area (Å²) in [5, 5.41) is 3.63. The lowest BCUT2D eigenvalue weighted by molar-refractivity contribution is -0.118. The maximum absolute atomic E-state index is 11.5. The Balaban J connectivity index is 2.02. The first kappa shape index (κ1) is 9.18. The monoisotopic (exact) mass is 260 g/mol. The van der Waals surface area contributed by atoms with E-state index in [4.69, 9.17) is 5.73 Å². The van der Waals surface area contributed by atoms with Gasteiger partial charge in [-0.25, -0.2) is 0 Å². The van der Waals surface area contributed by atoms with Gasteiger partial charge in [0.2, 0.25) is 5.91 Å². The summed E-state index contributed by atoms with van der Waals surface area (Å²) in [6.45, 7) is 0. The molecule has 13 heavy (non-hydrogen) atoms. The Hall–Kier alpha value is -0.390. The molecule has 1 aliphatic rings. The number of hydrogen-bond donors (Lipinski definition) is 2. The highest BCUT2D eigenvalue weighted by molar-refractivity contribution is 9.11.